The highest BCUT2D eigenvalue weighted by Gasteiger charge is 2.17. The van der Waals surface area contributed by atoms with Gasteiger partial charge in [-0.05, 0) is 165 Å². The lowest BCUT2D eigenvalue weighted by atomic mass is 10.0. The number of aromatic nitrogens is 2. The Morgan fingerprint density at radius 3 is 1.75 bits per heavy atom. The van der Waals surface area contributed by atoms with Crippen LogP contribution in [0.15, 0.2) is 163 Å². The SMILES string of the molecule is Cc1cc2c(cc1NCCCCCCNC(=O)c1ccc(-c3ccc(C(=O)NCCCCCCNc4cc5[nH]c6c/c(=[N+](/C)c7ccccc7)c(C)cc-6nc5cc4C)cc3)cc1)Nc1cc(=CN(C)c3ccccc3)c(C)cc1=N2. The number of aromatic amines is 1. The molecule has 0 aromatic heterocycles. The average Bonchev–Trinajstić information content (AvgIpc) is 3.50. The molecule has 0 bridgehead atoms. The van der Waals surface area contributed by atoms with E-state index in [1.807, 2.05) is 60.7 Å². The van der Waals surface area contributed by atoms with Gasteiger partial charge in [0, 0.05) is 91.4 Å². The number of carbonyl (C=O) groups is 2. The Labute approximate surface area is 476 Å². The summed E-state index contributed by atoms with van der Waals surface area (Å²) >= 11 is 0. The zero-order chi connectivity index (χ0) is 56.2. The Morgan fingerprint density at radius 2 is 1.14 bits per heavy atom. The number of benzene rings is 8. The number of H-pyrrole nitrogens is 1. The van der Waals surface area contributed by atoms with Gasteiger partial charge in [0.25, 0.3) is 11.8 Å². The first-order chi connectivity index (χ1) is 39.4. The molecule has 2 heterocycles. The van der Waals surface area contributed by atoms with Crippen LogP contribution in [0.4, 0.5) is 39.8 Å². The Kier molecular flexibility index (Phi) is 17.6. The summed E-state index contributed by atoms with van der Waals surface area (Å²) in [6.45, 7) is 11.5. The van der Waals surface area contributed by atoms with E-state index in [0.717, 1.165) is 154 Å². The van der Waals surface area contributed by atoms with Crippen LogP contribution in [0.2, 0.25) is 0 Å². The Hall–Kier alpha value is -9.03. The van der Waals surface area contributed by atoms with Crippen molar-refractivity contribution in [3.05, 3.63) is 207 Å². The van der Waals surface area contributed by atoms with Crippen molar-refractivity contribution in [2.75, 3.05) is 61.1 Å². The quantitative estimate of drug-likeness (QED) is 0.0225. The summed E-state index contributed by atoms with van der Waals surface area (Å²) in [7, 11) is 4.17. The van der Waals surface area contributed by atoms with Gasteiger partial charge in [-0.3, -0.25) is 9.59 Å². The molecule has 0 fully saturated rings. The molecule has 10 rings (SSSR count). The lowest BCUT2D eigenvalue weighted by Gasteiger charge is -2.20. The second-order valence-corrected chi connectivity index (χ2v) is 21.5. The minimum absolute atomic E-state index is 0.0682. The smallest absolute Gasteiger partial charge is 0.251 e. The summed E-state index contributed by atoms with van der Waals surface area (Å²) in [6, 6.07) is 53.4. The highest BCUT2D eigenvalue weighted by molar-refractivity contribution is 5.96. The fraction of sp³-hybridized carbons (Fsp3) is 0.261. The van der Waals surface area contributed by atoms with Crippen molar-refractivity contribution in [3.8, 4) is 22.5 Å². The van der Waals surface area contributed by atoms with Gasteiger partial charge in [0.15, 0.2) is 0 Å². The molecule has 0 radical (unpaired) electrons. The van der Waals surface area contributed by atoms with Crippen molar-refractivity contribution in [2.24, 2.45) is 4.99 Å². The third-order valence-electron chi connectivity index (χ3n) is 15.4. The summed E-state index contributed by atoms with van der Waals surface area (Å²) in [4.78, 5) is 41.9. The van der Waals surface area contributed by atoms with Gasteiger partial charge >= 0.3 is 0 Å². The fourth-order valence-corrected chi connectivity index (χ4v) is 10.6. The van der Waals surface area contributed by atoms with E-state index in [2.05, 4.69) is 186 Å². The van der Waals surface area contributed by atoms with E-state index in [0.29, 0.717) is 24.2 Å². The zero-order valence-electron chi connectivity index (χ0n) is 47.7. The van der Waals surface area contributed by atoms with Gasteiger partial charge in [-0.25, -0.2) is 9.98 Å². The predicted octanol–water partition coefficient (Wildman–Crippen LogP) is 13.0. The summed E-state index contributed by atoms with van der Waals surface area (Å²) < 4.78 is 2.21. The van der Waals surface area contributed by atoms with Crippen LogP contribution in [0.5, 0.6) is 0 Å². The molecule has 0 saturated heterocycles. The molecule has 12 heteroatoms. The minimum atomic E-state index is -0.0684. The molecule has 7 aromatic rings. The number of hydrogen-bond acceptors (Lipinski definition) is 8. The molecule has 0 unspecified atom stereocenters. The highest BCUT2D eigenvalue weighted by Crippen LogP contribution is 2.35. The highest BCUT2D eigenvalue weighted by atomic mass is 16.2. The van der Waals surface area contributed by atoms with Gasteiger partial charge in [0.1, 0.15) is 7.05 Å². The van der Waals surface area contributed by atoms with E-state index in [1.165, 1.54) is 22.3 Å². The number of fused-ring (bicyclic) bond motifs is 4. The number of rotatable bonds is 22. The minimum Gasteiger partial charge on any atom is -0.385 e. The Balaban J connectivity index is 0.597. The van der Waals surface area contributed by atoms with Gasteiger partial charge in [0.2, 0.25) is 11.0 Å². The van der Waals surface area contributed by atoms with Crippen LogP contribution in [-0.4, -0.2) is 62.1 Å². The molecule has 3 aliphatic rings. The number of hydrogen-bond donors (Lipinski definition) is 6. The molecule has 2 amide bonds. The molecule has 6 N–H and O–H groups in total. The molecule has 81 heavy (non-hydrogen) atoms. The van der Waals surface area contributed by atoms with E-state index in [-0.39, 0.29) is 11.8 Å². The monoisotopic (exact) mass is 1080 g/mol. The molecule has 412 valence electrons. The fourth-order valence-electron chi connectivity index (χ4n) is 10.6. The molecule has 0 saturated carbocycles. The van der Waals surface area contributed by atoms with E-state index < -0.39 is 0 Å². The van der Waals surface area contributed by atoms with Crippen LogP contribution < -0.4 is 52.0 Å². The first kappa shape index (κ1) is 55.3. The summed E-state index contributed by atoms with van der Waals surface area (Å²) in [5, 5.41) is 20.4. The number of nitrogens with zero attached hydrogens (tertiary/aromatic N) is 4. The molecule has 0 atom stereocenters. The third kappa shape index (κ3) is 13.7. The lowest BCUT2D eigenvalue weighted by molar-refractivity contribution is 0.0944. The molecular formula is C69H75N10O2+. The number of amides is 2. The summed E-state index contributed by atoms with van der Waals surface area (Å²) in [5.41, 5.74) is 19.3. The molecule has 2 aliphatic heterocycles. The van der Waals surface area contributed by atoms with Crippen LogP contribution in [0.3, 0.4) is 0 Å². The number of anilines is 5. The van der Waals surface area contributed by atoms with Gasteiger partial charge < -0.3 is 36.5 Å². The van der Waals surface area contributed by atoms with Crippen molar-refractivity contribution < 1.29 is 9.59 Å². The molecular weight excluding hydrogens is 1000 g/mol. The topological polar surface area (TPSA) is 142 Å². The van der Waals surface area contributed by atoms with Crippen LogP contribution in [0.25, 0.3) is 39.7 Å². The third-order valence-corrected chi connectivity index (χ3v) is 15.4. The van der Waals surface area contributed by atoms with Crippen LogP contribution in [0.1, 0.15) is 94.3 Å². The lowest BCUT2D eigenvalue weighted by Crippen LogP contribution is -2.24. The van der Waals surface area contributed by atoms with E-state index in [9.17, 15) is 9.59 Å². The summed E-state index contributed by atoms with van der Waals surface area (Å²) in [6.07, 6.45) is 10.3. The van der Waals surface area contributed by atoms with Crippen molar-refractivity contribution in [2.45, 2.75) is 79.1 Å². The number of aryl methyl sites for hydroxylation is 4. The second-order valence-electron chi connectivity index (χ2n) is 21.5. The molecule has 1 aliphatic carbocycles. The maximum Gasteiger partial charge on any atom is 0.251 e. The largest absolute Gasteiger partial charge is 0.385 e. The van der Waals surface area contributed by atoms with Gasteiger partial charge in [-0.1, -0.05) is 86.3 Å². The number of unbranched alkanes of at least 4 members (excludes halogenated alkanes) is 6. The van der Waals surface area contributed by atoms with Gasteiger partial charge in [0.05, 0.1) is 44.8 Å². The normalized spacial score (nSPS) is 12.2. The van der Waals surface area contributed by atoms with Crippen LogP contribution in [0, 0.1) is 27.7 Å². The van der Waals surface area contributed by atoms with Crippen LogP contribution >= 0.6 is 0 Å². The first-order valence-corrected chi connectivity index (χ1v) is 28.7. The van der Waals surface area contributed by atoms with E-state index in [1.54, 1.807) is 0 Å². The number of para-hydroxylation sites is 2. The molecule has 7 aromatic carbocycles. The van der Waals surface area contributed by atoms with Crippen molar-refractivity contribution >= 4 is 68.9 Å². The molecule has 0 spiro atoms. The van der Waals surface area contributed by atoms with Crippen LogP contribution in [-0.2, 0) is 0 Å². The van der Waals surface area contributed by atoms with E-state index >= 15 is 0 Å². The number of nitrogens with one attached hydrogen (secondary N) is 6. The van der Waals surface area contributed by atoms with Gasteiger partial charge in [-0.2, -0.15) is 4.58 Å². The number of carbonyl (C=O) groups excluding carboxylic acids is 2. The standard InChI is InChI=1S/C69H74N10O2/c1-46-37-59-63(41-54(46)45-78(5)55-21-13-11-14-22-55)76-64-42-57(47(2)38-60(64)74-59)70-33-17-7-9-19-35-72-68(80)52-29-25-50(26-30-52)51-27-31-53(32-28-51)69(81)73-36-20-10-8-18-34-71-58-43-65-61(39-48(58)3)75-62-40-49(4)67(44-66(62)77-65)79(6)56-23-15-12-16-24-56/h11-16,21-32,37-45,70,76H,7-10,17-20,33-36H2,1-6H3,(H3,71,72,73,77,80,81)/p+1. The first-order valence-electron chi connectivity index (χ1n) is 28.7. The van der Waals surface area contributed by atoms with Gasteiger partial charge in [-0.15, -0.1) is 0 Å². The second kappa shape index (κ2) is 25.8. The summed E-state index contributed by atoms with van der Waals surface area (Å²) in [5.74, 6) is -0.137. The molecule has 12 nitrogen and oxygen atoms in total. The maximum atomic E-state index is 13.0. The van der Waals surface area contributed by atoms with Crippen molar-refractivity contribution in [1.82, 2.24) is 25.2 Å². The Morgan fingerprint density at radius 1 is 0.568 bits per heavy atom. The van der Waals surface area contributed by atoms with Crippen molar-refractivity contribution in [3.63, 3.8) is 0 Å². The maximum absolute atomic E-state index is 13.0. The zero-order valence-corrected chi connectivity index (χ0v) is 47.7. The predicted molar refractivity (Wildman–Crippen MR) is 335 cm³/mol. The average molecular weight is 1080 g/mol. The van der Waals surface area contributed by atoms with E-state index in [4.69, 9.17) is 9.98 Å². The van der Waals surface area contributed by atoms with Crippen molar-refractivity contribution in [1.29, 1.82) is 0 Å². The Bertz CT molecular complexity index is 3860.